The number of rotatable bonds is 6. The number of methoxy groups -OCH3 is 1. The van der Waals surface area contributed by atoms with Crippen molar-refractivity contribution in [1.82, 2.24) is 4.90 Å². The van der Waals surface area contributed by atoms with Gasteiger partial charge in [0, 0.05) is 31.7 Å². The molecule has 2 atom stereocenters. The summed E-state index contributed by atoms with van der Waals surface area (Å²) in [6, 6.07) is 8.60. The Kier molecular flexibility index (Phi) is 5.19. The van der Waals surface area contributed by atoms with E-state index in [0.29, 0.717) is 18.5 Å². The molecule has 1 aliphatic rings. The summed E-state index contributed by atoms with van der Waals surface area (Å²) < 4.78 is 10.6. The molecule has 106 valence electrons. The van der Waals surface area contributed by atoms with Crippen LogP contribution in [0.25, 0.3) is 0 Å². The van der Waals surface area contributed by atoms with Gasteiger partial charge in [-0.15, -0.1) is 0 Å². The summed E-state index contributed by atoms with van der Waals surface area (Å²) in [5.74, 6) is 1.46. The van der Waals surface area contributed by atoms with E-state index in [4.69, 9.17) is 15.2 Å². The van der Waals surface area contributed by atoms with E-state index in [2.05, 4.69) is 24.1 Å². The molecule has 0 bridgehead atoms. The molecular formula is C15H24N2O2. The third kappa shape index (κ3) is 3.69. The Hall–Kier alpha value is -1.10. The lowest BCUT2D eigenvalue weighted by atomic mass is 9.97. The third-order valence-corrected chi connectivity index (χ3v) is 3.91. The average Bonchev–Trinajstić information content (AvgIpc) is 2.94. The van der Waals surface area contributed by atoms with Gasteiger partial charge in [0.2, 0.25) is 0 Å². The summed E-state index contributed by atoms with van der Waals surface area (Å²) in [4.78, 5) is 2.33. The van der Waals surface area contributed by atoms with Gasteiger partial charge < -0.3 is 15.2 Å². The van der Waals surface area contributed by atoms with Gasteiger partial charge in [-0.1, -0.05) is 12.1 Å². The molecule has 1 aliphatic heterocycles. The number of nitrogens with two attached hydrogens (primary N) is 1. The Morgan fingerprint density at radius 3 is 2.68 bits per heavy atom. The van der Waals surface area contributed by atoms with E-state index >= 15 is 0 Å². The molecule has 4 nitrogen and oxygen atoms in total. The Labute approximate surface area is 115 Å². The minimum Gasteiger partial charge on any atom is -0.497 e. The van der Waals surface area contributed by atoms with E-state index < -0.39 is 0 Å². The highest BCUT2D eigenvalue weighted by molar-refractivity contribution is 5.27. The van der Waals surface area contributed by atoms with Crippen LogP contribution >= 0.6 is 0 Å². The van der Waals surface area contributed by atoms with Crippen LogP contribution in [0.15, 0.2) is 24.3 Å². The van der Waals surface area contributed by atoms with Crippen molar-refractivity contribution in [3.05, 3.63) is 29.8 Å². The van der Waals surface area contributed by atoms with Crippen LogP contribution in [0.1, 0.15) is 12.0 Å². The van der Waals surface area contributed by atoms with Crippen LogP contribution in [-0.4, -0.2) is 44.9 Å². The fourth-order valence-corrected chi connectivity index (χ4v) is 2.72. The van der Waals surface area contributed by atoms with E-state index in [0.717, 1.165) is 31.9 Å². The molecule has 2 unspecified atom stereocenters. The molecule has 1 aromatic carbocycles. The van der Waals surface area contributed by atoms with Crippen LogP contribution < -0.4 is 10.5 Å². The molecule has 2 rings (SSSR count). The second-order valence-corrected chi connectivity index (χ2v) is 5.19. The van der Waals surface area contributed by atoms with Gasteiger partial charge in [0.05, 0.1) is 13.7 Å². The van der Waals surface area contributed by atoms with Crippen molar-refractivity contribution in [3.63, 3.8) is 0 Å². The molecule has 19 heavy (non-hydrogen) atoms. The molecule has 1 heterocycles. The van der Waals surface area contributed by atoms with E-state index in [9.17, 15) is 0 Å². The van der Waals surface area contributed by atoms with Crippen LogP contribution in [0, 0.1) is 5.92 Å². The van der Waals surface area contributed by atoms with Crippen LogP contribution in [0.2, 0.25) is 0 Å². The second kappa shape index (κ2) is 6.89. The van der Waals surface area contributed by atoms with Gasteiger partial charge in [-0.3, -0.25) is 4.90 Å². The lowest BCUT2D eigenvalue weighted by molar-refractivity contribution is 0.136. The third-order valence-electron chi connectivity index (χ3n) is 3.91. The quantitative estimate of drug-likeness (QED) is 0.845. The van der Waals surface area contributed by atoms with Gasteiger partial charge in [-0.05, 0) is 31.2 Å². The highest BCUT2D eigenvalue weighted by Crippen LogP contribution is 2.21. The first kappa shape index (κ1) is 14.3. The van der Waals surface area contributed by atoms with Gasteiger partial charge in [0.1, 0.15) is 5.75 Å². The van der Waals surface area contributed by atoms with Crippen molar-refractivity contribution >= 4 is 0 Å². The molecule has 0 spiro atoms. The maximum atomic E-state index is 5.94. The molecule has 0 amide bonds. The number of nitrogens with zero attached hydrogens (tertiary/aromatic N) is 1. The van der Waals surface area contributed by atoms with E-state index in [-0.39, 0.29) is 0 Å². The zero-order valence-corrected chi connectivity index (χ0v) is 11.8. The molecule has 0 aliphatic carbocycles. The van der Waals surface area contributed by atoms with Crippen molar-refractivity contribution in [1.29, 1.82) is 0 Å². The molecule has 1 saturated heterocycles. The average molecular weight is 264 g/mol. The van der Waals surface area contributed by atoms with Crippen LogP contribution in [-0.2, 0) is 11.3 Å². The molecular weight excluding hydrogens is 240 g/mol. The van der Waals surface area contributed by atoms with Gasteiger partial charge in [-0.2, -0.15) is 0 Å². The normalized spacial score (nSPS) is 20.7. The van der Waals surface area contributed by atoms with Crippen LogP contribution in [0.4, 0.5) is 0 Å². The van der Waals surface area contributed by atoms with Crippen molar-refractivity contribution in [2.24, 2.45) is 11.7 Å². The largest absolute Gasteiger partial charge is 0.497 e. The smallest absolute Gasteiger partial charge is 0.118 e. The van der Waals surface area contributed by atoms with Crippen molar-refractivity contribution in [3.8, 4) is 5.75 Å². The number of hydrogen-bond acceptors (Lipinski definition) is 4. The first-order valence-corrected chi connectivity index (χ1v) is 6.85. The topological polar surface area (TPSA) is 47.7 Å². The fourth-order valence-electron chi connectivity index (χ4n) is 2.72. The maximum Gasteiger partial charge on any atom is 0.118 e. The standard InChI is InChI=1S/C15H24N2O2/c1-17(15(9-16)13-7-8-19-11-13)10-12-3-5-14(18-2)6-4-12/h3-6,13,15H,7-11,16H2,1-2H3. The van der Waals surface area contributed by atoms with Crippen molar-refractivity contribution in [2.45, 2.75) is 19.0 Å². The summed E-state index contributed by atoms with van der Waals surface area (Å²) in [6.45, 7) is 3.30. The Morgan fingerprint density at radius 2 is 2.16 bits per heavy atom. The molecule has 0 radical (unpaired) electrons. The first-order valence-electron chi connectivity index (χ1n) is 6.85. The minimum absolute atomic E-state index is 0.393. The van der Waals surface area contributed by atoms with Crippen LogP contribution in [0.3, 0.4) is 0 Å². The molecule has 1 aromatic rings. The Balaban J connectivity index is 1.95. The van der Waals surface area contributed by atoms with Crippen LogP contribution in [0.5, 0.6) is 5.75 Å². The predicted molar refractivity (Wildman–Crippen MR) is 76.2 cm³/mol. The SMILES string of the molecule is COc1ccc(CN(C)C(CN)C2CCOC2)cc1. The lowest BCUT2D eigenvalue weighted by Crippen LogP contribution is -2.43. The summed E-state index contributed by atoms with van der Waals surface area (Å²) in [6.07, 6.45) is 1.12. The van der Waals surface area contributed by atoms with Gasteiger partial charge in [-0.25, -0.2) is 0 Å². The lowest BCUT2D eigenvalue weighted by Gasteiger charge is -2.31. The summed E-state index contributed by atoms with van der Waals surface area (Å²) in [7, 11) is 3.83. The molecule has 2 N–H and O–H groups in total. The summed E-state index contributed by atoms with van der Waals surface area (Å²) in [5.41, 5.74) is 7.21. The molecule has 1 fully saturated rings. The Bertz CT molecular complexity index is 374. The highest BCUT2D eigenvalue weighted by Gasteiger charge is 2.27. The first-order chi connectivity index (χ1) is 9.24. The highest BCUT2D eigenvalue weighted by atomic mass is 16.5. The number of likely N-dealkylation sites (N-methyl/N-ethyl adjacent to an activating group) is 1. The maximum absolute atomic E-state index is 5.94. The Morgan fingerprint density at radius 1 is 1.42 bits per heavy atom. The molecule has 0 saturated carbocycles. The van der Waals surface area contributed by atoms with Gasteiger partial charge in [0.15, 0.2) is 0 Å². The number of ether oxygens (including phenoxy) is 2. The zero-order valence-electron chi connectivity index (χ0n) is 11.8. The number of benzene rings is 1. The van der Waals surface area contributed by atoms with E-state index in [1.165, 1.54) is 5.56 Å². The molecule has 4 heteroatoms. The summed E-state index contributed by atoms with van der Waals surface area (Å²) >= 11 is 0. The van der Waals surface area contributed by atoms with Gasteiger partial charge >= 0.3 is 0 Å². The monoisotopic (exact) mass is 264 g/mol. The van der Waals surface area contributed by atoms with E-state index in [1.54, 1.807) is 7.11 Å². The fraction of sp³-hybridized carbons (Fsp3) is 0.600. The van der Waals surface area contributed by atoms with Gasteiger partial charge in [0.25, 0.3) is 0 Å². The number of hydrogen-bond donors (Lipinski definition) is 1. The van der Waals surface area contributed by atoms with Crippen molar-refractivity contribution in [2.75, 3.05) is 33.9 Å². The second-order valence-electron chi connectivity index (χ2n) is 5.19. The predicted octanol–water partition coefficient (Wildman–Crippen LogP) is 1.49. The molecule has 0 aromatic heterocycles. The zero-order chi connectivity index (χ0) is 13.7. The van der Waals surface area contributed by atoms with E-state index in [1.807, 2.05) is 12.1 Å². The summed E-state index contributed by atoms with van der Waals surface area (Å²) in [5, 5.41) is 0. The van der Waals surface area contributed by atoms with Crippen molar-refractivity contribution < 1.29 is 9.47 Å². The minimum atomic E-state index is 0.393.